The van der Waals surface area contributed by atoms with E-state index in [-0.39, 0.29) is 0 Å². The topological polar surface area (TPSA) is 0 Å². The number of hydrogen-bond acceptors (Lipinski definition) is 2. The Balaban J connectivity index is 1.50. The predicted molar refractivity (Wildman–Crippen MR) is 131 cm³/mol. The van der Waals surface area contributed by atoms with Crippen LogP contribution >= 0.6 is 22.7 Å². The van der Waals surface area contributed by atoms with Crippen LogP contribution in [0.3, 0.4) is 0 Å². The number of thiophene rings is 2. The number of allylic oxidation sites excluding steroid dienone is 2. The Morgan fingerprint density at radius 2 is 0.900 bits per heavy atom. The summed E-state index contributed by atoms with van der Waals surface area (Å²) in [5, 5.41) is 4.61. The molecule has 2 heterocycles. The maximum absolute atomic E-state index is 2.58. The van der Waals surface area contributed by atoms with Crippen molar-refractivity contribution in [1.29, 1.82) is 0 Å². The molecule has 0 radical (unpaired) electrons. The Morgan fingerprint density at radius 3 is 1.33 bits per heavy atom. The Morgan fingerprint density at radius 1 is 0.467 bits per heavy atom. The van der Waals surface area contributed by atoms with Crippen LogP contribution in [0.2, 0.25) is 0 Å². The maximum Gasteiger partial charge on any atom is 0.0427 e. The SMILES string of the molecule is c1cc2c(s1)-c1cc3c(cc1C2=C1CCCCC1)-c1sccc1C3=C1CCCCC1. The monoisotopic (exact) mass is 426 g/mol. The molecule has 30 heavy (non-hydrogen) atoms. The third kappa shape index (κ3) is 2.44. The van der Waals surface area contributed by atoms with Crippen LogP contribution in [0.4, 0.5) is 0 Å². The largest absolute Gasteiger partial charge is 0.143 e. The zero-order valence-corrected chi connectivity index (χ0v) is 19.0. The van der Waals surface area contributed by atoms with E-state index in [1.807, 2.05) is 22.7 Å². The van der Waals surface area contributed by atoms with Gasteiger partial charge in [0.15, 0.2) is 0 Å². The Labute approximate surface area is 187 Å². The van der Waals surface area contributed by atoms with Gasteiger partial charge in [-0.2, -0.15) is 0 Å². The summed E-state index contributed by atoms with van der Waals surface area (Å²) in [6.45, 7) is 0. The fourth-order valence-corrected chi connectivity index (χ4v) is 8.19. The van der Waals surface area contributed by atoms with Crippen LogP contribution in [-0.4, -0.2) is 0 Å². The summed E-state index contributed by atoms with van der Waals surface area (Å²) in [6.07, 6.45) is 13.4. The number of benzene rings is 1. The highest BCUT2D eigenvalue weighted by molar-refractivity contribution is 7.14. The van der Waals surface area contributed by atoms with Gasteiger partial charge in [-0.1, -0.05) is 24.0 Å². The highest BCUT2D eigenvalue weighted by Gasteiger charge is 2.34. The first-order valence-electron chi connectivity index (χ1n) is 11.7. The van der Waals surface area contributed by atoms with Crippen LogP contribution in [0.5, 0.6) is 0 Å². The van der Waals surface area contributed by atoms with Crippen molar-refractivity contribution < 1.29 is 0 Å². The third-order valence-corrected chi connectivity index (χ3v) is 9.57. The van der Waals surface area contributed by atoms with E-state index in [0.29, 0.717) is 0 Å². The molecule has 2 saturated carbocycles. The van der Waals surface area contributed by atoms with Crippen molar-refractivity contribution in [1.82, 2.24) is 0 Å². The maximum atomic E-state index is 2.58. The highest BCUT2D eigenvalue weighted by Crippen LogP contribution is 2.57. The summed E-state index contributed by atoms with van der Waals surface area (Å²) in [4.78, 5) is 3.04. The molecule has 4 aliphatic rings. The molecule has 2 heteroatoms. The Kier molecular flexibility index (Phi) is 4.02. The minimum atomic E-state index is 1.29. The van der Waals surface area contributed by atoms with Crippen LogP contribution in [0.25, 0.3) is 32.0 Å². The second-order valence-electron chi connectivity index (χ2n) is 9.35. The van der Waals surface area contributed by atoms with Crippen molar-refractivity contribution in [3.63, 3.8) is 0 Å². The molecule has 0 saturated heterocycles. The summed E-state index contributed by atoms with van der Waals surface area (Å²) in [6, 6.07) is 9.94. The summed E-state index contributed by atoms with van der Waals surface area (Å²) >= 11 is 3.89. The molecular weight excluding hydrogens is 400 g/mol. The lowest BCUT2D eigenvalue weighted by Gasteiger charge is -2.19. The minimum absolute atomic E-state index is 1.29. The molecule has 0 bridgehead atoms. The molecule has 7 rings (SSSR count). The normalized spacial score (nSPS) is 19.7. The second-order valence-corrected chi connectivity index (χ2v) is 11.2. The van der Waals surface area contributed by atoms with Crippen LogP contribution < -0.4 is 0 Å². The van der Waals surface area contributed by atoms with E-state index in [1.165, 1.54) is 107 Å². The summed E-state index contributed by atoms with van der Waals surface area (Å²) in [7, 11) is 0. The van der Waals surface area contributed by atoms with Gasteiger partial charge in [0.1, 0.15) is 0 Å². The molecule has 0 amide bonds. The number of fused-ring (bicyclic) bond motifs is 6. The Hall–Kier alpha value is -1.90. The van der Waals surface area contributed by atoms with E-state index in [4.69, 9.17) is 0 Å². The first-order valence-corrected chi connectivity index (χ1v) is 13.5. The van der Waals surface area contributed by atoms with Gasteiger partial charge in [-0.15, -0.1) is 22.7 Å². The molecule has 3 aromatic rings. The Bertz CT molecular complexity index is 1130. The lowest BCUT2D eigenvalue weighted by Crippen LogP contribution is -1.99. The van der Waals surface area contributed by atoms with Crippen LogP contribution in [-0.2, 0) is 0 Å². The van der Waals surface area contributed by atoms with E-state index in [9.17, 15) is 0 Å². The van der Waals surface area contributed by atoms with Crippen molar-refractivity contribution in [2.75, 3.05) is 0 Å². The lowest BCUT2D eigenvalue weighted by molar-refractivity contribution is 0.601. The molecule has 150 valence electrons. The van der Waals surface area contributed by atoms with Gasteiger partial charge in [-0.25, -0.2) is 0 Å². The highest BCUT2D eigenvalue weighted by atomic mass is 32.1. The quantitative estimate of drug-likeness (QED) is 0.231. The van der Waals surface area contributed by atoms with Gasteiger partial charge in [0.2, 0.25) is 0 Å². The molecule has 0 N–H and O–H groups in total. The average Bonchev–Trinajstić information content (AvgIpc) is 3.55. The van der Waals surface area contributed by atoms with E-state index < -0.39 is 0 Å². The summed E-state index contributed by atoms with van der Waals surface area (Å²) in [5.41, 5.74) is 15.8. The predicted octanol–water partition coefficient (Wildman–Crippen LogP) is 9.30. The van der Waals surface area contributed by atoms with Gasteiger partial charge in [0.05, 0.1) is 0 Å². The molecule has 0 aliphatic heterocycles. The number of hydrogen-bond donors (Lipinski definition) is 0. The first kappa shape index (κ1) is 17.7. The zero-order chi connectivity index (χ0) is 19.7. The van der Waals surface area contributed by atoms with Crippen molar-refractivity contribution in [3.05, 3.63) is 68.4 Å². The van der Waals surface area contributed by atoms with E-state index in [1.54, 1.807) is 22.3 Å². The van der Waals surface area contributed by atoms with Crippen LogP contribution in [0, 0.1) is 0 Å². The van der Waals surface area contributed by atoms with Crippen molar-refractivity contribution in [3.8, 4) is 20.9 Å². The lowest BCUT2D eigenvalue weighted by atomic mass is 9.85. The summed E-state index contributed by atoms with van der Waals surface area (Å²) in [5.74, 6) is 0. The third-order valence-electron chi connectivity index (χ3n) is 7.68. The minimum Gasteiger partial charge on any atom is -0.143 e. The first-order chi connectivity index (χ1) is 14.9. The molecule has 4 aliphatic carbocycles. The average molecular weight is 427 g/mol. The van der Waals surface area contributed by atoms with Gasteiger partial charge in [0, 0.05) is 32.0 Å². The van der Waals surface area contributed by atoms with E-state index in [0.717, 1.165) is 0 Å². The molecule has 1 aromatic carbocycles. The molecule has 0 spiro atoms. The summed E-state index contributed by atoms with van der Waals surface area (Å²) < 4.78 is 0. The van der Waals surface area contributed by atoms with Crippen molar-refractivity contribution in [2.45, 2.75) is 64.2 Å². The second kappa shape index (κ2) is 6.80. The fourth-order valence-electron chi connectivity index (χ4n) is 6.33. The van der Waals surface area contributed by atoms with Crippen molar-refractivity contribution >= 4 is 33.8 Å². The number of rotatable bonds is 0. The molecule has 0 unspecified atom stereocenters. The smallest absolute Gasteiger partial charge is 0.0427 e. The van der Waals surface area contributed by atoms with Gasteiger partial charge in [-0.05, 0) is 109 Å². The molecular formula is C28H26S2. The zero-order valence-electron chi connectivity index (χ0n) is 17.4. The standard InChI is InChI=1S/C28H26S2/c1-3-7-17(8-4-1)25-19-11-13-29-27(19)23-16-22-24(15-21(23)25)28-20(12-14-30-28)26(22)18-9-5-2-6-10-18/h11-16H,1-10H2. The molecule has 0 atom stereocenters. The van der Waals surface area contributed by atoms with Crippen LogP contribution in [0.1, 0.15) is 86.5 Å². The van der Waals surface area contributed by atoms with Gasteiger partial charge in [0.25, 0.3) is 0 Å². The van der Waals surface area contributed by atoms with Gasteiger partial charge < -0.3 is 0 Å². The molecule has 0 nitrogen and oxygen atoms in total. The fraction of sp³-hybridized carbons (Fsp3) is 0.357. The van der Waals surface area contributed by atoms with E-state index >= 15 is 0 Å². The van der Waals surface area contributed by atoms with Gasteiger partial charge >= 0.3 is 0 Å². The van der Waals surface area contributed by atoms with Gasteiger partial charge in [-0.3, -0.25) is 0 Å². The molecule has 2 aromatic heterocycles. The van der Waals surface area contributed by atoms with Crippen molar-refractivity contribution in [2.24, 2.45) is 0 Å². The van der Waals surface area contributed by atoms with Crippen LogP contribution in [0.15, 0.2) is 46.2 Å². The van der Waals surface area contributed by atoms with E-state index in [2.05, 4.69) is 35.0 Å². The molecule has 2 fully saturated rings.